The molecule has 38 valence electrons. The van der Waals surface area contributed by atoms with Gasteiger partial charge in [0.15, 0.2) is 0 Å². The summed E-state index contributed by atoms with van der Waals surface area (Å²) in [4.78, 5) is 9.49. The van der Waals surface area contributed by atoms with Crippen LogP contribution >= 0.6 is 7.60 Å². The topological polar surface area (TPSA) is 72.4 Å². The van der Waals surface area contributed by atoms with Crippen LogP contribution in [0.2, 0.25) is 0 Å². The van der Waals surface area contributed by atoms with E-state index in [1.165, 1.54) is 0 Å². The van der Waals surface area contributed by atoms with Crippen molar-refractivity contribution in [1.82, 2.24) is 0 Å². The monoisotopic (exact) mass is 110 g/mol. The first-order valence-electron chi connectivity index (χ1n) is 1.16. The Balaban J connectivity index is 3.48. The Morgan fingerprint density at radius 1 is 1.83 bits per heavy atom. The van der Waals surface area contributed by atoms with E-state index in [0.29, 0.717) is 6.66 Å². The average molecular weight is 110 g/mol. The highest BCUT2D eigenvalue weighted by molar-refractivity contribution is 7.50. The smallest absolute Gasteiger partial charge is 0.122 e. The summed E-state index contributed by atoms with van der Waals surface area (Å²) in [6.45, 7) is 0.708. The van der Waals surface area contributed by atoms with Crippen molar-refractivity contribution in [3.63, 3.8) is 0 Å². The minimum absolute atomic E-state index is 0.708. The van der Waals surface area contributed by atoms with Crippen LogP contribution in [-0.4, -0.2) is 6.66 Å². The predicted molar refractivity (Wildman–Crippen MR) is 14.6 cm³/mol. The van der Waals surface area contributed by atoms with Crippen LogP contribution < -0.4 is 10.2 Å². The fourth-order valence-corrected chi connectivity index (χ4v) is 0. The van der Waals surface area contributed by atoms with E-state index < -0.39 is 7.60 Å². The van der Waals surface area contributed by atoms with Crippen LogP contribution in [0.1, 0.15) is 0 Å². The quantitative estimate of drug-likeness (QED) is 0.233. The van der Waals surface area contributed by atoms with Gasteiger partial charge in [-0.3, -0.25) is 0 Å². The van der Waals surface area contributed by atoms with E-state index in [1.54, 1.807) is 0 Å². The molecule has 0 aliphatic carbocycles. The van der Waals surface area contributed by atoms with Gasteiger partial charge >= 0.3 is 0 Å². The zero-order chi connectivity index (χ0) is 5.21. The molecule has 0 aromatic carbocycles. The number of hydrogen-bond acceptors (Lipinski definition) is 4. The summed E-state index contributed by atoms with van der Waals surface area (Å²) in [6, 6.07) is 0. The van der Waals surface area contributed by atoms with Gasteiger partial charge in [0.05, 0.1) is 0 Å². The first-order chi connectivity index (χ1) is 2.56. The largest absolute Gasteiger partial charge is 0.779 e. The van der Waals surface area contributed by atoms with Crippen molar-refractivity contribution in [2.45, 2.75) is 0 Å². The van der Waals surface area contributed by atoms with E-state index in [4.69, 9.17) is 5.26 Å². The summed E-state index contributed by atoms with van der Waals surface area (Å²) in [5.41, 5.74) is 0. The van der Waals surface area contributed by atoms with Crippen molar-refractivity contribution in [1.29, 1.82) is 0 Å². The molecule has 0 rings (SSSR count). The molecule has 0 spiro atoms. The first-order valence-corrected chi connectivity index (χ1v) is 3.15. The van der Waals surface area contributed by atoms with Crippen molar-refractivity contribution >= 4 is 7.60 Å². The molecule has 1 unspecified atom stereocenters. The summed E-state index contributed by atoms with van der Waals surface area (Å²) >= 11 is 0. The summed E-state index contributed by atoms with van der Waals surface area (Å²) in [6.07, 6.45) is 0. The van der Waals surface area contributed by atoms with Crippen LogP contribution in [-0.2, 0) is 9.24 Å². The second-order valence-corrected chi connectivity index (χ2v) is 2.54. The van der Waals surface area contributed by atoms with Gasteiger partial charge in [-0.1, -0.05) is 0 Å². The molecule has 0 bridgehead atoms. The zero-order valence-electron chi connectivity index (χ0n) is 3.08. The minimum Gasteiger partial charge on any atom is -0.779 e. The molecular formula is CH3O4P-2. The van der Waals surface area contributed by atoms with E-state index >= 15 is 0 Å². The molecule has 0 aromatic rings. The summed E-state index contributed by atoms with van der Waals surface area (Å²) < 4.78 is 12.2. The highest BCUT2D eigenvalue weighted by Gasteiger charge is 1.83. The van der Waals surface area contributed by atoms with Crippen molar-refractivity contribution in [3.8, 4) is 0 Å². The molecule has 0 N–H and O–H groups in total. The molecule has 5 heteroatoms. The molecule has 0 saturated heterocycles. The van der Waals surface area contributed by atoms with E-state index in [2.05, 4.69) is 4.67 Å². The van der Waals surface area contributed by atoms with E-state index in [9.17, 15) is 9.46 Å². The molecule has 0 aliphatic heterocycles. The van der Waals surface area contributed by atoms with Gasteiger partial charge in [0.25, 0.3) is 0 Å². The SMILES string of the molecule is CP(=O)([O-])O[O-]. The molecule has 0 fully saturated rings. The Hall–Kier alpha value is 0.110. The maximum absolute atomic E-state index is 9.49. The van der Waals surface area contributed by atoms with Gasteiger partial charge in [-0.2, -0.15) is 0 Å². The summed E-state index contributed by atoms with van der Waals surface area (Å²) in [5, 5.41) is 8.88. The van der Waals surface area contributed by atoms with Crippen molar-refractivity contribution in [2.24, 2.45) is 0 Å². The van der Waals surface area contributed by atoms with Gasteiger partial charge in [-0.25, -0.2) is 0 Å². The van der Waals surface area contributed by atoms with E-state index in [1.807, 2.05) is 0 Å². The summed E-state index contributed by atoms with van der Waals surface area (Å²) in [7, 11) is -3.95. The van der Waals surface area contributed by atoms with Gasteiger partial charge in [-0.05, 0) is 6.66 Å². The Labute approximate surface area is 34.8 Å². The van der Waals surface area contributed by atoms with Gasteiger partial charge in [0.2, 0.25) is 0 Å². The van der Waals surface area contributed by atoms with Crippen molar-refractivity contribution in [3.05, 3.63) is 0 Å². The van der Waals surface area contributed by atoms with Crippen LogP contribution in [0.4, 0.5) is 0 Å². The lowest BCUT2D eigenvalue weighted by Gasteiger charge is -2.20. The molecule has 0 amide bonds. The molecule has 6 heavy (non-hydrogen) atoms. The zero-order valence-corrected chi connectivity index (χ0v) is 3.97. The predicted octanol–water partition coefficient (Wildman–Crippen LogP) is -1.54. The second kappa shape index (κ2) is 1.71. The molecular weight excluding hydrogens is 107 g/mol. The highest BCUT2D eigenvalue weighted by Crippen LogP contribution is 2.26. The van der Waals surface area contributed by atoms with Crippen LogP contribution in [0.15, 0.2) is 0 Å². The van der Waals surface area contributed by atoms with Crippen LogP contribution in [0.25, 0.3) is 0 Å². The standard InChI is InChI=1S/CH5O4P/c1-6(3,4)5-2/h2H,1H3,(H,3,4)/p-2. The molecule has 0 heterocycles. The van der Waals surface area contributed by atoms with Gasteiger partial charge < -0.3 is 19.4 Å². The number of hydrogen-bond donors (Lipinski definition) is 0. The maximum Gasteiger partial charge on any atom is 0.122 e. The van der Waals surface area contributed by atoms with Crippen molar-refractivity contribution < 1.29 is 19.4 Å². The molecule has 4 nitrogen and oxygen atoms in total. The number of rotatable bonds is 1. The lowest BCUT2D eigenvalue weighted by atomic mass is 12.0. The highest BCUT2D eigenvalue weighted by atomic mass is 31.2. The third-order valence-electron chi connectivity index (χ3n) is 0.135. The molecule has 1 atom stereocenters. The van der Waals surface area contributed by atoms with E-state index in [0.717, 1.165) is 0 Å². The first kappa shape index (κ1) is 6.11. The fourth-order valence-electron chi connectivity index (χ4n) is 0. The van der Waals surface area contributed by atoms with Gasteiger partial charge in [0.1, 0.15) is 7.60 Å². The lowest BCUT2D eigenvalue weighted by Crippen LogP contribution is -2.10. The third-order valence-corrected chi connectivity index (χ3v) is 0.406. The molecule has 0 aromatic heterocycles. The van der Waals surface area contributed by atoms with Crippen LogP contribution in [0.5, 0.6) is 0 Å². The summed E-state index contributed by atoms with van der Waals surface area (Å²) in [5.74, 6) is 0. The minimum atomic E-state index is -3.95. The Morgan fingerprint density at radius 3 is 2.00 bits per heavy atom. The average Bonchev–Trinajstić information content (AvgIpc) is 1.35. The van der Waals surface area contributed by atoms with Gasteiger partial charge in [0, 0.05) is 0 Å². The second-order valence-electron chi connectivity index (χ2n) is 0.846. The van der Waals surface area contributed by atoms with Crippen molar-refractivity contribution in [2.75, 3.05) is 6.66 Å². The Kier molecular flexibility index (Phi) is 1.74. The lowest BCUT2D eigenvalue weighted by molar-refractivity contribution is -0.647. The van der Waals surface area contributed by atoms with Crippen LogP contribution in [0, 0.1) is 0 Å². The normalized spacial score (nSPS) is 19.8. The van der Waals surface area contributed by atoms with E-state index in [-0.39, 0.29) is 0 Å². The third kappa shape index (κ3) is 4.11. The Morgan fingerprint density at radius 2 is 2.00 bits per heavy atom. The Bertz CT molecular complexity index is 71.6. The molecule has 0 aliphatic rings. The fraction of sp³-hybridized carbons (Fsp3) is 1.00. The maximum atomic E-state index is 9.49. The van der Waals surface area contributed by atoms with Gasteiger partial charge in [-0.15, -0.1) is 0 Å². The molecule has 0 saturated carbocycles. The molecule has 0 radical (unpaired) electrons. The van der Waals surface area contributed by atoms with Crippen LogP contribution in [0.3, 0.4) is 0 Å².